The number of nitrogens with zero attached hydrogens (tertiary/aromatic N) is 2. The Labute approximate surface area is 185 Å². The van der Waals surface area contributed by atoms with Gasteiger partial charge in [-0.1, -0.05) is 37.3 Å². The van der Waals surface area contributed by atoms with Crippen LogP contribution in [-0.2, 0) is 22.8 Å². The lowest BCUT2D eigenvalue weighted by Gasteiger charge is -2.19. The molecule has 2 heterocycles. The summed E-state index contributed by atoms with van der Waals surface area (Å²) >= 11 is 1.45. The van der Waals surface area contributed by atoms with Gasteiger partial charge in [0.1, 0.15) is 5.76 Å². The van der Waals surface area contributed by atoms with Crippen molar-refractivity contribution in [1.82, 2.24) is 4.98 Å². The fourth-order valence-corrected chi connectivity index (χ4v) is 5.20. The third-order valence-corrected chi connectivity index (χ3v) is 7.88. The highest BCUT2D eigenvalue weighted by molar-refractivity contribution is 7.91. The van der Waals surface area contributed by atoms with Gasteiger partial charge in [0.05, 0.1) is 33.7 Å². The number of fused-ring (bicyclic) bond motifs is 1. The van der Waals surface area contributed by atoms with E-state index < -0.39 is 9.84 Å². The van der Waals surface area contributed by atoms with Gasteiger partial charge >= 0.3 is 0 Å². The van der Waals surface area contributed by atoms with Gasteiger partial charge < -0.3 is 4.42 Å². The van der Waals surface area contributed by atoms with E-state index in [1.54, 1.807) is 36.3 Å². The van der Waals surface area contributed by atoms with Crippen LogP contribution in [0.3, 0.4) is 0 Å². The molecule has 2 aromatic heterocycles. The summed E-state index contributed by atoms with van der Waals surface area (Å²) < 4.78 is 30.7. The lowest BCUT2D eigenvalue weighted by Crippen LogP contribution is -2.30. The van der Waals surface area contributed by atoms with Gasteiger partial charge in [-0.05, 0) is 54.4 Å². The molecule has 0 aliphatic carbocycles. The van der Waals surface area contributed by atoms with E-state index in [0.29, 0.717) is 16.5 Å². The zero-order chi connectivity index (χ0) is 22.0. The van der Waals surface area contributed by atoms with E-state index >= 15 is 0 Å². The van der Waals surface area contributed by atoms with Crippen LogP contribution in [0.5, 0.6) is 0 Å². The monoisotopic (exact) mass is 454 g/mol. The highest BCUT2D eigenvalue weighted by Gasteiger charge is 2.24. The van der Waals surface area contributed by atoms with E-state index in [1.165, 1.54) is 23.5 Å². The Morgan fingerprint density at radius 3 is 2.48 bits per heavy atom. The normalized spacial score (nSPS) is 11.7. The number of thiazole rings is 1. The van der Waals surface area contributed by atoms with Crippen molar-refractivity contribution in [3.8, 4) is 0 Å². The van der Waals surface area contributed by atoms with E-state index in [2.05, 4.69) is 6.92 Å². The first-order valence-electron chi connectivity index (χ1n) is 9.98. The van der Waals surface area contributed by atoms with E-state index in [1.807, 2.05) is 24.3 Å². The van der Waals surface area contributed by atoms with E-state index in [9.17, 15) is 13.2 Å². The molecule has 31 heavy (non-hydrogen) atoms. The van der Waals surface area contributed by atoms with E-state index in [-0.39, 0.29) is 23.1 Å². The van der Waals surface area contributed by atoms with Crippen LogP contribution >= 0.6 is 11.3 Å². The molecule has 160 valence electrons. The molecule has 0 saturated carbocycles. The highest BCUT2D eigenvalue weighted by Crippen LogP contribution is 2.33. The molecule has 0 radical (unpaired) electrons. The maximum Gasteiger partial charge on any atom is 0.260 e. The number of rotatable bonds is 7. The lowest BCUT2D eigenvalue weighted by molar-refractivity contribution is 0.0983. The minimum atomic E-state index is -3.33. The predicted octanol–water partition coefficient (Wildman–Crippen LogP) is 5.09. The minimum absolute atomic E-state index is 0.0103. The maximum absolute atomic E-state index is 13.4. The second-order valence-corrected chi connectivity index (χ2v) is 10.3. The van der Waals surface area contributed by atoms with Crippen LogP contribution in [0, 0.1) is 0 Å². The Balaban J connectivity index is 1.74. The van der Waals surface area contributed by atoms with Crippen molar-refractivity contribution in [2.24, 2.45) is 0 Å². The maximum atomic E-state index is 13.4. The predicted molar refractivity (Wildman–Crippen MR) is 122 cm³/mol. The molecule has 6 nitrogen and oxygen atoms in total. The molecule has 0 N–H and O–H groups in total. The summed E-state index contributed by atoms with van der Waals surface area (Å²) in [6, 6.07) is 15.7. The molecule has 4 rings (SSSR count). The first-order valence-corrected chi connectivity index (χ1v) is 12.4. The number of hydrogen-bond donors (Lipinski definition) is 0. The van der Waals surface area contributed by atoms with Crippen LogP contribution in [0.4, 0.5) is 5.13 Å². The van der Waals surface area contributed by atoms with Gasteiger partial charge in [0.15, 0.2) is 15.0 Å². The average molecular weight is 455 g/mol. The van der Waals surface area contributed by atoms with Crippen molar-refractivity contribution in [3.05, 3.63) is 77.7 Å². The van der Waals surface area contributed by atoms with E-state index in [4.69, 9.17) is 9.40 Å². The Hall–Kier alpha value is -2.97. The summed E-state index contributed by atoms with van der Waals surface area (Å²) in [5, 5.41) is 0.572. The fraction of sp³-hybridized carbons (Fsp3) is 0.217. The second kappa shape index (κ2) is 8.64. The van der Waals surface area contributed by atoms with Crippen molar-refractivity contribution < 1.29 is 17.6 Å². The molecule has 8 heteroatoms. The van der Waals surface area contributed by atoms with Gasteiger partial charge in [-0.15, -0.1) is 0 Å². The van der Waals surface area contributed by atoms with Crippen LogP contribution < -0.4 is 4.90 Å². The minimum Gasteiger partial charge on any atom is -0.467 e. The van der Waals surface area contributed by atoms with E-state index in [0.717, 1.165) is 22.2 Å². The smallest absolute Gasteiger partial charge is 0.260 e. The van der Waals surface area contributed by atoms with Crippen LogP contribution in [0.1, 0.15) is 35.5 Å². The number of aryl methyl sites for hydroxylation is 1. The van der Waals surface area contributed by atoms with Crippen LogP contribution in [0.15, 0.2) is 70.2 Å². The third-order valence-electron chi connectivity index (χ3n) is 5.08. The Morgan fingerprint density at radius 2 is 1.84 bits per heavy atom. The number of benzene rings is 2. The van der Waals surface area contributed by atoms with Gasteiger partial charge in [-0.3, -0.25) is 9.69 Å². The molecule has 4 aromatic rings. The quantitative estimate of drug-likeness (QED) is 0.388. The summed E-state index contributed by atoms with van der Waals surface area (Å²) in [5.74, 6) is 0.374. The van der Waals surface area contributed by atoms with Gasteiger partial charge in [0.25, 0.3) is 5.91 Å². The number of carbonyl (C=O) groups excluding carboxylic acids is 1. The second-order valence-electron chi connectivity index (χ2n) is 7.01. The molecule has 0 aliphatic rings. The van der Waals surface area contributed by atoms with Crippen molar-refractivity contribution in [1.29, 1.82) is 0 Å². The van der Waals surface area contributed by atoms with Gasteiger partial charge in [-0.2, -0.15) is 0 Å². The van der Waals surface area contributed by atoms with Crippen LogP contribution in [0.25, 0.3) is 10.2 Å². The molecular weight excluding hydrogens is 432 g/mol. The summed E-state index contributed by atoms with van der Waals surface area (Å²) in [6.45, 7) is 3.89. The number of aromatic nitrogens is 1. The van der Waals surface area contributed by atoms with Gasteiger partial charge in [0, 0.05) is 5.56 Å². The van der Waals surface area contributed by atoms with Crippen molar-refractivity contribution in [2.75, 3.05) is 10.7 Å². The number of para-hydroxylation sites is 1. The SMILES string of the molecule is CCc1cccc2sc(N(Cc3ccco3)C(=O)c3ccc(S(=O)(=O)CC)cc3)nc12. The molecule has 1 amide bonds. The summed E-state index contributed by atoms with van der Waals surface area (Å²) in [7, 11) is -3.33. The first kappa shape index (κ1) is 21.3. The number of anilines is 1. The summed E-state index contributed by atoms with van der Waals surface area (Å²) in [5.41, 5.74) is 2.41. The molecule has 0 bridgehead atoms. The van der Waals surface area contributed by atoms with Crippen molar-refractivity contribution in [3.63, 3.8) is 0 Å². The number of sulfone groups is 1. The molecule has 2 aromatic carbocycles. The van der Waals surface area contributed by atoms with Crippen LogP contribution in [-0.4, -0.2) is 25.1 Å². The number of furan rings is 1. The molecule has 0 saturated heterocycles. The zero-order valence-corrected chi connectivity index (χ0v) is 18.9. The zero-order valence-electron chi connectivity index (χ0n) is 17.2. The fourth-order valence-electron chi connectivity index (χ4n) is 3.31. The van der Waals surface area contributed by atoms with Crippen molar-refractivity contribution in [2.45, 2.75) is 31.7 Å². The Bertz CT molecular complexity index is 1310. The summed E-state index contributed by atoms with van der Waals surface area (Å²) in [6.07, 6.45) is 2.41. The highest BCUT2D eigenvalue weighted by atomic mass is 32.2. The first-order chi connectivity index (χ1) is 14.9. The molecular formula is C23H22N2O4S2. The van der Waals surface area contributed by atoms with Crippen LogP contribution in [0.2, 0.25) is 0 Å². The standard InChI is InChI=1S/C23H22N2O4S2/c1-3-16-7-5-9-20-21(16)24-23(30-20)25(15-18-8-6-14-29-18)22(26)17-10-12-19(13-11-17)31(27,28)4-2/h5-14H,3-4,15H2,1-2H3. The van der Waals surface area contributed by atoms with Gasteiger partial charge in [0.2, 0.25) is 0 Å². The largest absolute Gasteiger partial charge is 0.467 e. The van der Waals surface area contributed by atoms with Gasteiger partial charge in [-0.25, -0.2) is 13.4 Å². The molecule has 0 aliphatic heterocycles. The third kappa shape index (κ3) is 4.26. The lowest BCUT2D eigenvalue weighted by atomic mass is 10.1. The number of hydrogen-bond acceptors (Lipinski definition) is 6. The summed E-state index contributed by atoms with van der Waals surface area (Å²) in [4.78, 5) is 20.0. The number of amides is 1. The van der Waals surface area contributed by atoms with Crippen molar-refractivity contribution >= 4 is 42.4 Å². The molecule has 0 atom stereocenters. The Morgan fingerprint density at radius 1 is 1.06 bits per heavy atom. The number of carbonyl (C=O) groups is 1. The molecule has 0 spiro atoms. The average Bonchev–Trinajstić information content (AvgIpc) is 3.46. The topological polar surface area (TPSA) is 80.5 Å². The Kier molecular flexibility index (Phi) is 5.93. The molecule has 0 unspecified atom stereocenters. The molecule has 0 fully saturated rings.